The van der Waals surface area contributed by atoms with E-state index in [2.05, 4.69) is 61.9 Å². The highest BCUT2D eigenvalue weighted by Crippen LogP contribution is 2.35. The van der Waals surface area contributed by atoms with Crippen LogP contribution in [0.2, 0.25) is 0 Å². The normalized spacial score (nSPS) is 9.81. The number of hydrogen-bond donors (Lipinski definition) is 2. The molecule has 3 N–H and O–H groups in total. The molecule has 0 bridgehead atoms. The van der Waals surface area contributed by atoms with Gasteiger partial charge in [-0.3, -0.25) is 4.79 Å². The van der Waals surface area contributed by atoms with Crippen molar-refractivity contribution >= 4 is 35.4 Å². The van der Waals surface area contributed by atoms with Gasteiger partial charge in [0.25, 0.3) is 0 Å². The van der Waals surface area contributed by atoms with E-state index in [1.165, 1.54) is 13.5 Å². The van der Waals surface area contributed by atoms with Crippen molar-refractivity contribution in [2.45, 2.75) is 81.2 Å². The molecule has 0 aliphatic carbocycles. The van der Waals surface area contributed by atoms with Gasteiger partial charge in [0.15, 0.2) is 6.29 Å². The van der Waals surface area contributed by atoms with Crippen LogP contribution in [0.1, 0.15) is 86.0 Å². The summed E-state index contributed by atoms with van der Waals surface area (Å²) in [5.41, 5.74) is 7.99. The molecule has 43 heavy (non-hydrogen) atoms. The number of nitrogens with two attached hydrogens (primary N) is 1. The second-order valence-electron chi connectivity index (χ2n) is 9.33. The molecule has 0 amide bonds. The Kier molecular flexibility index (Phi) is 23.8. The number of nitrogens with one attached hydrogen (secondary N) is 1. The highest BCUT2D eigenvalue weighted by atomic mass is 32.2. The Hall–Kier alpha value is -3.08. The molecule has 10 heteroatoms. The molecule has 9 nitrogen and oxygen atoms in total. The van der Waals surface area contributed by atoms with Gasteiger partial charge < -0.3 is 24.8 Å². The lowest BCUT2D eigenvalue weighted by Gasteiger charge is -2.23. The largest absolute Gasteiger partial charge is 0.475 e. The molecule has 2 heterocycles. The fourth-order valence-corrected chi connectivity index (χ4v) is 4.05. The summed E-state index contributed by atoms with van der Waals surface area (Å²) >= 11 is 1.74. The third-order valence-corrected chi connectivity index (χ3v) is 5.89. The van der Waals surface area contributed by atoms with E-state index in [0.717, 1.165) is 29.0 Å². The Morgan fingerprint density at radius 1 is 1.02 bits per heavy atom. The van der Waals surface area contributed by atoms with Gasteiger partial charge in [-0.2, -0.15) is 5.10 Å². The summed E-state index contributed by atoms with van der Waals surface area (Å²) in [5, 5.41) is 8.23. The number of carbonyl (C=O) groups is 1. The second-order valence-corrected chi connectivity index (χ2v) is 10.7. The molecule has 0 fully saturated rings. The quantitative estimate of drug-likeness (QED) is 0.124. The third kappa shape index (κ3) is 14.3. The first-order valence-electron chi connectivity index (χ1n) is 15.2. The minimum absolute atomic E-state index is 0.360. The number of methoxy groups -OCH3 is 1. The zero-order valence-corrected chi connectivity index (χ0v) is 29.8. The molecule has 0 unspecified atom stereocenters. The average Bonchev–Trinajstić information content (AvgIpc) is 3.40. The zero-order chi connectivity index (χ0) is 33.4. The minimum atomic E-state index is -0.360. The maximum absolute atomic E-state index is 12.3. The van der Waals surface area contributed by atoms with Gasteiger partial charge in [-0.05, 0) is 46.0 Å². The van der Waals surface area contributed by atoms with Crippen LogP contribution in [0.5, 0.6) is 5.88 Å². The number of ether oxygens (including phenoxy) is 2. The number of hydrogen-bond acceptors (Lipinski definition) is 9. The molecular formula is C33H58N6O3S. The van der Waals surface area contributed by atoms with Crippen LogP contribution >= 0.6 is 11.9 Å². The summed E-state index contributed by atoms with van der Waals surface area (Å²) in [7, 11) is 5.16. The molecule has 3 rings (SSSR count). The van der Waals surface area contributed by atoms with Gasteiger partial charge in [-0.1, -0.05) is 79.0 Å². The van der Waals surface area contributed by atoms with Crippen molar-refractivity contribution in [1.29, 1.82) is 0 Å². The first-order valence-corrected chi connectivity index (χ1v) is 16.1. The van der Waals surface area contributed by atoms with Gasteiger partial charge >= 0.3 is 0 Å². The van der Waals surface area contributed by atoms with Crippen LogP contribution in [0.3, 0.4) is 0 Å². The fraction of sp³-hybridized carbons (Fsp3) is 0.545. The smallest absolute Gasteiger partial charge is 0.215 e. The topological polar surface area (TPSA) is 108 Å². The van der Waals surface area contributed by atoms with Crippen LogP contribution in [-0.2, 0) is 10.3 Å². The maximum atomic E-state index is 12.3. The minimum Gasteiger partial charge on any atom is -0.475 e. The summed E-state index contributed by atoms with van der Waals surface area (Å²) in [6, 6.07) is 11.7. The fourth-order valence-electron chi connectivity index (χ4n) is 3.39. The molecule has 3 aromatic rings. The van der Waals surface area contributed by atoms with Crippen LogP contribution in [0.15, 0.2) is 42.6 Å². The lowest BCUT2D eigenvalue weighted by atomic mass is 10.1. The van der Waals surface area contributed by atoms with E-state index < -0.39 is 0 Å². The van der Waals surface area contributed by atoms with Gasteiger partial charge in [0.2, 0.25) is 5.88 Å². The van der Waals surface area contributed by atoms with Crippen LogP contribution in [0.25, 0.3) is 11.3 Å². The lowest BCUT2D eigenvalue weighted by molar-refractivity contribution is 0.112. The zero-order valence-electron chi connectivity index (χ0n) is 28.9. The summed E-state index contributed by atoms with van der Waals surface area (Å²) < 4.78 is 14.6. The molecule has 0 aliphatic rings. The number of anilines is 3. The van der Waals surface area contributed by atoms with Crippen molar-refractivity contribution in [2.75, 3.05) is 49.8 Å². The summed E-state index contributed by atoms with van der Waals surface area (Å²) in [6.07, 6.45) is 3.77. The number of rotatable bonds is 11. The first kappa shape index (κ1) is 42.1. The number of benzene rings is 1. The van der Waals surface area contributed by atoms with E-state index in [0.29, 0.717) is 36.2 Å². The third-order valence-electron chi connectivity index (χ3n) is 5.04. The molecule has 1 aromatic carbocycles. The van der Waals surface area contributed by atoms with Crippen LogP contribution < -0.4 is 20.1 Å². The van der Waals surface area contributed by atoms with Crippen molar-refractivity contribution < 1.29 is 14.3 Å². The molecular weight excluding hydrogens is 560 g/mol. The Morgan fingerprint density at radius 3 is 2.09 bits per heavy atom. The van der Waals surface area contributed by atoms with E-state index in [1.807, 2.05) is 69.8 Å². The van der Waals surface area contributed by atoms with E-state index in [1.54, 1.807) is 31.3 Å². The van der Waals surface area contributed by atoms with Crippen molar-refractivity contribution in [3.05, 3.63) is 48.2 Å². The second kappa shape index (κ2) is 24.4. The highest BCUT2D eigenvalue weighted by Gasteiger charge is 2.26. The van der Waals surface area contributed by atoms with Crippen LogP contribution in [-0.4, -0.2) is 61.2 Å². The number of nitrogens with zero attached hydrogens (tertiary/aromatic N) is 4. The van der Waals surface area contributed by atoms with E-state index >= 15 is 0 Å². The van der Waals surface area contributed by atoms with E-state index in [-0.39, 0.29) is 5.54 Å². The molecule has 0 saturated heterocycles. The maximum Gasteiger partial charge on any atom is 0.215 e. The summed E-state index contributed by atoms with van der Waals surface area (Å²) in [5.74, 6) is 2.09. The summed E-state index contributed by atoms with van der Waals surface area (Å²) in [4.78, 5) is 16.5. The number of carbonyl (C=O) groups excluding carboxylic acids is 1. The van der Waals surface area contributed by atoms with Gasteiger partial charge in [-0.15, -0.1) is 0 Å². The Morgan fingerprint density at radius 2 is 1.60 bits per heavy atom. The molecule has 0 spiro atoms. The van der Waals surface area contributed by atoms with Crippen molar-refractivity contribution in [3.63, 3.8) is 0 Å². The number of pyridine rings is 1. The first-order chi connectivity index (χ1) is 20.7. The Labute approximate surface area is 266 Å². The van der Waals surface area contributed by atoms with Gasteiger partial charge in [-0.25, -0.2) is 9.67 Å². The van der Waals surface area contributed by atoms with Gasteiger partial charge in [0.05, 0.1) is 17.7 Å². The van der Waals surface area contributed by atoms with Gasteiger partial charge in [0, 0.05) is 49.1 Å². The van der Waals surface area contributed by atoms with E-state index in [4.69, 9.17) is 14.6 Å². The molecule has 2 aromatic heterocycles. The predicted molar refractivity (Wildman–Crippen MR) is 188 cm³/mol. The predicted octanol–water partition coefficient (Wildman–Crippen LogP) is 8.43. The van der Waals surface area contributed by atoms with Crippen LogP contribution in [0, 0.1) is 0 Å². The van der Waals surface area contributed by atoms with E-state index in [9.17, 15) is 4.79 Å². The van der Waals surface area contributed by atoms with Crippen molar-refractivity contribution in [1.82, 2.24) is 14.8 Å². The monoisotopic (exact) mass is 618 g/mol. The van der Waals surface area contributed by atoms with Crippen LogP contribution in [0.4, 0.5) is 17.2 Å². The molecule has 0 atom stereocenters. The van der Waals surface area contributed by atoms with Gasteiger partial charge in [0.1, 0.15) is 18.1 Å². The molecule has 0 aliphatic heterocycles. The van der Waals surface area contributed by atoms with Crippen molar-refractivity contribution in [3.8, 4) is 17.1 Å². The standard InChI is InChI=1S/C25H33N5O3S.C3H8.2C2H6.CH5N/c1-7-34-29(5)20-10-8-18(9-11-20)23-21(17-31)24(30(28-23)25(2,3)4)27-19-12-13-26-22(16-19)33-15-14-32-6;1-3-2;3*1-2/h8-13,16-17H,7,14-15H2,1-6H3,(H,26,27);3H2,1-2H3;2*1-2H3;2H2,1H3. The molecule has 244 valence electrons. The van der Waals surface area contributed by atoms with Crippen molar-refractivity contribution in [2.24, 2.45) is 5.73 Å². The lowest BCUT2D eigenvalue weighted by Crippen LogP contribution is -2.24. The number of aldehydes is 1. The Balaban J connectivity index is 0. The highest BCUT2D eigenvalue weighted by molar-refractivity contribution is 8.00. The average molecular weight is 619 g/mol. The molecule has 0 saturated carbocycles. The number of aromatic nitrogens is 3. The molecule has 0 radical (unpaired) electrons. The SMILES string of the molecule is CC.CC.CCC.CCSN(C)c1ccc(-c2nn(C(C)(C)C)c(Nc3ccnc(OCCOC)c3)c2C=O)cc1.CN. The summed E-state index contributed by atoms with van der Waals surface area (Å²) in [6.45, 7) is 21.4. The Bertz CT molecular complexity index is 1110.